The highest BCUT2D eigenvalue weighted by Crippen LogP contribution is 2.17. The van der Waals surface area contributed by atoms with Gasteiger partial charge in [-0.05, 0) is 43.5 Å². The first-order chi connectivity index (χ1) is 13.2. The summed E-state index contributed by atoms with van der Waals surface area (Å²) in [5.74, 6) is 0.697. The Hall–Kier alpha value is -3.16. The van der Waals surface area contributed by atoms with Crippen molar-refractivity contribution in [3.8, 4) is 11.4 Å². The Kier molecular flexibility index (Phi) is 4.62. The molecule has 27 heavy (non-hydrogen) atoms. The molecule has 1 amide bonds. The third-order valence-electron chi connectivity index (χ3n) is 4.89. The van der Waals surface area contributed by atoms with Crippen LogP contribution in [0.2, 0.25) is 0 Å². The van der Waals surface area contributed by atoms with E-state index in [1.165, 1.54) is 17.1 Å². The van der Waals surface area contributed by atoms with Gasteiger partial charge in [0.15, 0.2) is 5.65 Å². The Morgan fingerprint density at radius 3 is 2.59 bits per heavy atom. The number of hydrogen-bond acceptors (Lipinski definition) is 5. The van der Waals surface area contributed by atoms with E-state index in [4.69, 9.17) is 4.74 Å². The summed E-state index contributed by atoms with van der Waals surface area (Å²) < 4.78 is 8.13. The van der Waals surface area contributed by atoms with Gasteiger partial charge in [0, 0.05) is 13.1 Å². The number of rotatable bonds is 4. The number of piperidine rings is 1. The SMILES string of the molecule is COc1ccc(-n2ncc3c(=O)n(CC(=O)N4CCCCC4)cnc32)cc1. The molecule has 3 aromatic rings. The van der Waals surface area contributed by atoms with Crippen molar-refractivity contribution >= 4 is 16.9 Å². The van der Waals surface area contributed by atoms with Gasteiger partial charge in [0.25, 0.3) is 5.56 Å². The van der Waals surface area contributed by atoms with Gasteiger partial charge in [-0.15, -0.1) is 0 Å². The number of carbonyl (C=O) groups excluding carboxylic acids is 1. The monoisotopic (exact) mass is 367 g/mol. The molecule has 0 aliphatic carbocycles. The molecule has 0 spiro atoms. The van der Waals surface area contributed by atoms with Crippen LogP contribution in [-0.2, 0) is 11.3 Å². The predicted molar refractivity (Wildman–Crippen MR) is 100 cm³/mol. The Labute approximate surface area is 156 Å². The molecule has 2 aromatic heterocycles. The summed E-state index contributed by atoms with van der Waals surface area (Å²) in [5, 5.41) is 4.69. The minimum atomic E-state index is -0.259. The van der Waals surface area contributed by atoms with E-state index in [0.717, 1.165) is 43.8 Å². The van der Waals surface area contributed by atoms with E-state index in [2.05, 4.69) is 10.1 Å². The number of methoxy groups -OCH3 is 1. The first-order valence-corrected chi connectivity index (χ1v) is 9.03. The molecule has 0 bridgehead atoms. The molecule has 0 atom stereocenters. The highest BCUT2D eigenvalue weighted by atomic mass is 16.5. The summed E-state index contributed by atoms with van der Waals surface area (Å²) in [6, 6.07) is 7.33. The Morgan fingerprint density at radius 2 is 1.89 bits per heavy atom. The fourth-order valence-electron chi connectivity index (χ4n) is 3.36. The maximum atomic E-state index is 12.8. The summed E-state index contributed by atoms with van der Waals surface area (Å²) >= 11 is 0. The third-order valence-corrected chi connectivity index (χ3v) is 4.89. The molecule has 1 aliphatic rings. The Bertz CT molecular complexity index is 1020. The van der Waals surface area contributed by atoms with Gasteiger partial charge in [-0.2, -0.15) is 5.10 Å². The first-order valence-electron chi connectivity index (χ1n) is 9.03. The summed E-state index contributed by atoms with van der Waals surface area (Å²) in [6.45, 7) is 1.53. The summed E-state index contributed by atoms with van der Waals surface area (Å²) in [6.07, 6.45) is 6.12. The molecule has 1 aromatic carbocycles. The van der Waals surface area contributed by atoms with Crippen molar-refractivity contribution in [3.63, 3.8) is 0 Å². The smallest absolute Gasteiger partial charge is 0.264 e. The van der Waals surface area contributed by atoms with E-state index in [-0.39, 0.29) is 18.0 Å². The first kappa shape index (κ1) is 17.3. The average molecular weight is 367 g/mol. The van der Waals surface area contributed by atoms with Gasteiger partial charge >= 0.3 is 0 Å². The van der Waals surface area contributed by atoms with Crippen molar-refractivity contribution in [2.45, 2.75) is 25.8 Å². The zero-order valence-electron chi connectivity index (χ0n) is 15.2. The zero-order chi connectivity index (χ0) is 18.8. The normalized spacial score (nSPS) is 14.5. The lowest BCUT2D eigenvalue weighted by Crippen LogP contribution is -2.39. The fourth-order valence-corrected chi connectivity index (χ4v) is 3.36. The highest BCUT2D eigenvalue weighted by Gasteiger charge is 2.18. The van der Waals surface area contributed by atoms with Crippen LogP contribution in [-0.4, -0.2) is 50.3 Å². The van der Waals surface area contributed by atoms with Crippen molar-refractivity contribution in [2.75, 3.05) is 20.2 Å². The lowest BCUT2D eigenvalue weighted by Gasteiger charge is -2.26. The number of benzene rings is 1. The van der Waals surface area contributed by atoms with Gasteiger partial charge in [-0.3, -0.25) is 14.2 Å². The molecule has 0 unspecified atom stereocenters. The van der Waals surface area contributed by atoms with Crippen LogP contribution < -0.4 is 10.3 Å². The number of aromatic nitrogens is 4. The van der Waals surface area contributed by atoms with Crippen molar-refractivity contribution in [1.29, 1.82) is 0 Å². The van der Waals surface area contributed by atoms with Crippen LogP contribution in [0, 0.1) is 0 Å². The van der Waals surface area contributed by atoms with Gasteiger partial charge < -0.3 is 9.64 Å². The number of fused-ring (bicyclic) bond motifs is 1. The number of nitrogens with zero attached hydrogens (tertiary/aromatic N) is 5. The standard InChI is InChI=1S/C19H21N5O3/c1-27-15-7-5-14(6-8-15)24-18-16(11-21-24)19(26)23(13-20-18)12-17(25)22-9-3-2-4-10-22/h5-8,11,13H,2-4,9-10,12H2,1H3. The minimum Gasteiger partial charge on any atom is -0.497 e. The second-order valence-electron chi connectivity index (χ2n) is 6.61. The largest absolute Gasteiger partial charge is 0.497 e. The number of carbonyl (C=O) groups is 1. The second-order valence-corrected chi connectivity index (χ2v) is 6.61. The molecule has 8 heteroatoms. The van der Waals surface area contributed by atoms with Gasteiger partial charge in [0.1, 0.15) is 24.0 Å². The number of ether oxygens (including phenoxy) is 1. The van der Waals surface area contributed by atoms with Gasteiger partial charge in [-0.1, -0.05) is 0 Å². The molecule has 140 valence electrons. The van der Waals surface area contributed by atoms with Crippen molar-refractivity contribution in [2.24, 2.45) is 0 Å². The molecule has 1 saturated heterocycles. The molecule has 8 nitrogen and oxygen atoms in total. The average Bonchev–Trinajstić information content (AvgIpc) is 3.15. The van der Waals surface area contributed by atoms with Gasteiger partial charge in [-0.25, -0.2) is 9.67 Å². The van der Waals surface area contributed by atoms with E-state index in [1.54, 1.807) is 11.8 Å². The van der Waals surface area contributed by atoms with Gasteiger partial charge in [0.2, 0.25) is 5.91 Å². The van der Waals surface area contributed by atoms with Gasteiger partial charge in [0.05, 0.1) is 19.0 Å². The molecule has 1 aliphatic heterocycles. The third kappa shape index (κ3) is 3.30. The maximum absolute atomic E-state index is 12.8. The zero-order valence-corrected chi connectivity index (χ0v) is 15.2. The molecule has 0 saturated carbocycles. The quantitative estimate of drug-likeness (QED) is 0.700. The van der Waals surface area contributed by atoms with E-state index < -0.39 is 0 Å². The van der Waals surface area contributed by atoms with Crippen molar-refractivity contribution in [1.82, 2.24) is 24.2 Å². The van der Waals surface area contributed by atoms with E-state index in [9.17, 15) is 9.59 Å². The van der Waals surface area contributed by atoms with Crippen LogP contribution in [0.3, 0.4) is 0 Å². The van der Waals surface area contributed by atoms with Crippen LogP contribution >= 0.6 is 0 Å². The lowest BCUT2D eigenvalue weighted by molar-refractivity contribution is -0.132. The van der Waals surface area contributed by atoms with Crippen LogP contribution in [0.1, 0.15) is 19.3 Å². The number of hydrogen-bond donors (Lipinski definition) is 0. The lowest BCUT2D eigenvalue weighted by atomic mass is 10.1. The van der Waals surface area contributed by atoms with E-state index in [1.807, 2.05) is 29.2 Å². The van der Waals surface area contributed by atoms with Crippen molar-refractivity contribution in [3.05, 3.63) is 47.1 Å². The Morgan fingerprint density at radius 1 is 1.15 bits per heavy atom. The molecule has 3 heterocycles. The number of likely N-dealkylation sites (tertiary alicyclic amines) is 1. The minimum absolute atomic E-state index is 0.00941. The van der Waals surface area contributed by atoms with Crippen LogP contribution in [0.15, 0.2) is 41.6 Å². The summed E-state index contributed by atoms with van der Waals surface area (Å²) in [4.78, 5) is 31.4. The molecule has 0 N–H and O–H groups in total. The van der Waals surface area contributed by atoms with E-state index >= 15 is 0 Å². The fraction of sp³-hybridized carbons (Fsp3) is 0.368. The summed E-state index contributed by atoms with van der Waals surface area (Å²) in [5.41, 5.74) is 0.983. The highest BCUT2D eigenvalue weighted by molar-refractivity contribution is 5.78. The molecule has 4 rings (SSSR count). The maximum Gasteiger partial charge on any atom is 0.264 e. The van der Waals surface area contributed by atoms with Crippen molar-refractivity contribution < 1.29 is 9.53 Å². The van der Waals surface area contributed by atoms with Crippen LogP contribution in [0.25, 0.3) is 16.7 Å². The topological polar surface area (TPSA) is 82.2 Å². The molecular formula is C19H21N5O3. The second kappa shape index (κ2) is 7.22. The summed E-state index contributed by atoms with van der Waals surface area (Å²) in [7, 11) is 1.60. The predicted octanol–water partition coefficient (Wildman–Crippen LogP) is 1.60. The van der Waals surface area contributed by atoms with Crippen LogP contribution in [0.5, 0.6) is 5.75 Å². The molecule has 1 fully saturated rings. The molecule has 0 radical (unpaired) electrons. The Balaban J connectivity index is 1.63. The molecular weight excluding hydrogens is 346 g/mol. The van der Waals surface area contributed by atoms with Crippen LogP contribution in [0.4, 0.5) is 0 Å². The van der Waals surface area contributed by atoms with E-state index in [0.29, 0.717) is 11.0 Å². The number of amides is 1.